The molecular weight excluding hydrogens is 436 g/mol. The summed E-state index contributed by atoms with van der Waals surface area (Å²) in [5.74, 6) is 2.96. The van der Waals surface area contributed by atoms with Gasteiger partial charge in [0.25, 0.3) is 0 Å². The van der Waals surface area contributed by atoms with E-state index in [0.717, 1.165) is 12.0 Å². The molecule has 1 atom stereocenters. The Morgan fingerprint density at radius 3 is 2.47 bits per heavy atom. The van der Waals surface area contributed by atoms with E-state index in [2.05, 4.69) is 4.99 Å². The normalized spacial score (nSPS) is 15.8. The van der Waals surface area contributed by atoms with Crippen molar-refractivity contribution in [2.24, 2.45) is 4.99 Å². The van der Waals surface area contributed by atoms with Crippen LogP contribution in [0.4, 0.5) is 0 Å². The van der Waals surface area contributed by atoms with Crippen molar-refractivity contribution in [2.45, 2.75) is 12.5 Å². The van der Waals surface area contributed by atoms with Crippen molar-refractivity contribution in [1.82, 2.24) is 9.78 Å². The van der Waals surface area contributed by atoms with Crippen LogP contribution in [-0.4, -0.2) is 63.3 Å². The van der Waals surface area contributed by atoms with Crippen LogP contribution < -0.4 is 24.4 Å². The highest BCUT2D eigenvalue weighted by atomic mass is 16.6. The van der Waals surface area contributed by atoms with Gasteiger partial charge in [0.2, 0.25) is 0 Å². The van der Waals surface area contributed by atoms with Gasteiger partial charge in [-0.15, -0.1) is 0 Å². The van der Waals surface area contributed by atoms with Crippen molar-refractivity contribution < 1.29 is 23.7 Å². The van der Waals surface area contributed by atoms with Gasteiger partial charge in [-0.1, -0.05) is 0 Å². The Bertz CT molecular complexity index is 1250. The van der Waals surface area contributed by atoms with Crippen molar-refractivity contribution in [3.63, 3.8) is 0 Å². The van der Waals surface area contributed by atoms with Crippen LogP contribution in [0.15, 0.2) is 53.5 Å². The molecule has 1 aromatic heterocycles. The zero-order valence-corrected chi connectivity index (χ0v) is 19.7. The fourth-order valence-electron chi connectivity index (χ4n) is 3.77. The van der Waals surface area contributed by atoms with E-state index in [-0.39, 0.29) is 11.6 Å². The molecule has 1 aliphatic rings. The maximum absolute atomic E-state index is 8.48. The number of rotatable bonds is 7. The average molecular weight is 465 g/mol. The molecular formula is C25H28N4O5. The molecule has 9 nitrogen and oxygen atoms in total. The Labute approximate surface area is 198 Å². The highest BCUT2D eigenvalue weighted by Gasteiger charge is 2.20. The summed E-state index contributed by atoms with van der Waals surface area (Å²) in [5, 5.41) is 13.2. The Balaban J connectivity index is 1.76. The summed E-state index contributed by atoms with van der Waals surface area (Å²) in [6.45, 7) is 1.24. The van der Waals surface area contributed by atoms with Crippen LogP contribution in [0.3, 0.4) is 0 Å². The molecule has 0 spiro atoms. The molecule has 1 saturated heterocycles. The molecule has 0 aliphatic carbocycles. The van der Waals surface area contributed by atoms with E-state index in [4.69, 9.17) is 34.2 Å². The first-order valence-corrected chi connectivity index (χ1v) is 10.8. The Morgan fingerprint density at radius 2 is 1.79 bits per heavy atom. The zero-order chi connectivity index (χ0) is 24.1. The molecule has 0 saturated carbocycles. The molecule has 0 unspecified atom stereocenters. The molecule has 0 bridgehead atoms. The number of aliphatic imine (C=N–C) groups is 1. The lowest BCUT2D eigenvalue weighted by molar-refractivity contribution is 0.138. The Morgan fingerprint density at radius 1 is 1.00 bits per heavy atom. The Hall–Kier alpha value is -3.85. The van der Waals surface area contributed by atoms with Gasteiger partial charge in [-0.25, -0.2) is 0 Å². The first-order chi connectivity index (χ1) is 16.6. The van der Waals surface area contributed by atoms with Crippen LogP contribution in [0.1, 0.15) is 12.0 Å². The minimum atomic E-state index is -0.0167. The summed E-state index contributed by atoms with van der Waals surface area (Å²) in [6, 6.07) is 14.5. The Kier molecular flexibility index (Phi) is 7.12. The molecule has 4 rings (SSSR count). The number of nitrogens with one attached hydrogen (secondary N) is 1. The van der Waals surface area contributed by atoms with Crippen LogP contribution in [0.2, 0.25) is 0 Å². The summed E-state index contributed by atoms with van der Waals surface area (Å²) in [5.41, 5.74) is 2.29. The largest absolute Gasteiger partial charge is 0.497 e. The second-order valence-corrected chi connectivity index (χ2v) is 7.60. The number of hydrogen-bond acceptors (Lipinski definition) is 8. The van der Waals surface area contributed by atoms with Crippen molar-refractivity contribution in [3.8, 4) is 34.3 Å². The number of methoxy groups -OCH3 is 3. The molecule has 1 N–H and O–H groups in total. The second kappa shape index (κ2) is 10.4. The lowest BCUT2D eigenvalue weighted by Gasteiger charge is -2.17. The number of ether oxygens (including phenoxy) is 5. The molecule has 1 aliphatic heterocycles. The second-order valence-electron chi connectivity index (χ2n) is 7.60. The van der Waals surface area contributed by atoms with Crippen molar-refractivity contribution in [1.29, 1.82) is 5.41 Å². The fraction of sp³-hybridized carbons (Fsp3) is 0.320. The maximum Gasteiger partial charge on any atom is 0.162 e. The van der Waals surface area contributed by atoms with Crippen molar-refractivity contribution >= 4 is 5.84 Å². The molecule has 0 radical (unpaired) electrons. The summed E-state index contributed by atoms with van der Waals surface area (Å²) >= 11 is 0. The van der Waals surface area contributed by atoms with E-state index < -0.39 is 0 Å². The third-order valence-electron chi connectivity index (χ3n) is 5.54. The first kappa shape index (κ1) is 23.3. The van der Waals surface area contributed by atoms with Gasteiger partial charge >= 0.3 is 0 Å². The molecule has 9 heteroatoms. The van der Waals surface area contributed by atoms with E-state index in [0.29, 0.717) is 53.3 Å². The molecule has 2 aromatic carbocycles. The SMILES string of the molecule is C/N=C(/c1cc(OC)ccc1OC)n1nc(-c2ccc(OC)c(O[C@@H]3CCOC3)c2)ccc1=N. The van der Waals surface area contributed by atoms with Gasteiger partial charge in [0, 0.05) is 19.0 Å². The molecule has 0 amide bonds. The molecule has 2 heterocycles. The van der Waals surface area contributed by atoms with Crippen LogP contribution in [0.25, 0.3) is 11.3 Å². The highest BCUT2D eigenvalue weighted by Crippen LogP contribution is 2.33. The predicted molar refractivity (Wildman–Crippen MR) is 127 cm³/mol. The van der Waals surface area contributed by atoms with Crippen LogP contribution in [0, 0.1) is 5.41 Å². The highest BCUT2D eigenvalue weighted by molar-refractivity contribution is 6.02. The van der Waals surface area contributed by atoms with Crippen molar-refractivity contribution in [3.05, 3.63) is 59.6 Å². The quantitative estimate of drug-likeness (QED) is 0.426. The minimum absolute atomic E-state index is 0.0167. The third kappa shape index (κ3) is 4.74. The van der Waals surface area contributed by atoms with Gasteiger partial charge in [-0.3, -0.25) is 10.4 Å². The van der Waals surface area contributed by atoms with Gasteiger partial charge < -0.3 is 23.7 Å². The van der Waals surface area contributed by atoms with Crippen LogP contribution in [-0.2, 0) is 4.74 Å². The minimum Gasteiger partial charge on any atom is -0.497 e. The van der Waals surface area contributed by atoms with Gasteiger partial charge in [0.05, 0.1) is 45.8 Å². The smallest absolute Gasteiger partial charge is 0.162 e. The third-order valence-corrected chi connectivity index (χ3v) is 5.54. The summed E-state index contributed by atoms with van der Waals surface area (Å²) in [7, 11) is 6.44. The van der Waals surface area contributed by atoms with Gasteiger partial charge in [-0.2, -0.15) is 9.78 Å². The van der Waals surface area contributed by atoms with Gasteiger partial charge in [0.1, 0.15) is 23.1 Å². The van der Waals surface area contributed by atoms with Gasteiger partial charge in [-0.05, 0) is 48.5 Å². The summed E-state index contributed by atoms with van der Waals surface area (Å²) in [6.07, 6.45) is 0.815. The van der Waals surface area contributed by atoms with Crippen molar-refractivity contribution in [2.75, 3.05) is 41.6 Å². The molecule has 178 valence electrons. The van der Waals surface area contributed by atoms with E-state index in [1.54, 1.807) is 52.6 Å². The lowest BCUT2D eigenvalue weighted by Crippen LogP contribution is -2.30. The number of aromatic nitrogens is 2. The zero-order valence-electron chi connectivity index (χ0n) is 19.7. The fourth-order valence-corrected chi connectivity index (χ4v) is 3.77. The summed E-state index contributed by atoms with van der Waals surface area (Å²) in [4.78, 5) is 4.42. The molecule has 34 heavy (non-hydrogen) atoms. The monoisotopic (exact) mass is 464 g/mol. The average Bonchev–Trinajstić information content (AvgIpc) is 3.38. The lowest BCUT2D eigenvalue weighted by atomic mass is 10.1. The first-order valence-electron chi connectivity index (χ1n) is 10.8. The predicted octanol–water partition coefficient (Wildman–Crippen LogP) is 3.15. The van der Waals surface area contributed by atoms with E-state index >= 15 is 0 Å². The number of benzene rings is 2. The molecule has 3 aromatic rings. The van der Waals surface area contributed by atoms with Gasteiger partial charge in [0.15, 0.2) is 17.3 Å². The molecule has 1 fully saturated rings. The topological polar surface area (TPSA) is 100 Å². The van der Waals surface area contributed by atoms with E-state index in [1.165, 1.54) is 4.68 Å². The maximum atomic E-state index is 8.48. The van der Waals surface area contributed by atoms with Crippen LogP contribution >= 0.6 is 0 Å². The summed E-state index contributed by atoms with van der Waals surface area (Å²) < 4.78 is 29.4. The van der Waals surface area contributed by atoms with E-state index in [1.807, 2.05) is 24.3 Å². The van der Waals surface area contributed by atoms with E-state index in [9.17, 15) is 0 Å². The standard InChI is InChI=1S/C25H28N4O5/c1-27-25(19-14-17(30-2)6-9-21(19)31-3)29-24(26)10-7-20(28-29)16-5-8-22(32-4)23(13-16)34-18-11-12-33-15-18/h5-10,13-14,18,26H,11-12,15H2,1-4H3/b26-24?,27-25-/t18-/m1/s1. The number of hydrogen-bond donors (Lipinski definition) is 1. The van der Waals surface area contributed by atoms with Crippen LogP contribution in [0.5, 0.6) is 23.0 Å². The number of nitrogens with zero attached hydrogens (tertiary/aromatic N) is 3.